The Morgan fingerprint density at radius 3 is 2.56 bits per heavy atom. The fourth-order valence-corrected chi connectivity index (χ4v) is 1.73. The maximum atomic E-state index is 12.7. The van der Waals surface area contributed by atoms with E-state index in [2.05, 4.69) is 10.3 Å². The number of aromatic nitrogens is 1. The van der Waals surface area contributed by atoms with E-state index in [4.69, 9.17) is 11.6 Å². The highest BCUT2D eigenvalue weighted by atomic mass is 35.5. The van der Waals surface area contributed by atoms with Crippen LogP contribution in [0, 0.1) is 12.7 Å². The predicted molar refractivity (Wildman–Crippen MR) is 68.3 cm³/mol. The molecule has 0 bridgehead atoms. The molecule has 0 radical (unpaired) electrons. The van der Waals surface area contributed by atoms with Gasteiger partial charge >= 0.3 is 0 Å². The van der Waals surface area contributed by atoms with Crippen molar-refractivity contribution in [2.24, 2.45) is 0 Å². The first-order chi connectivity index (χ1) is 8.54. The number of carbonyl (C=O) groups is 1. The lowest BCUT2D eigenvalue weighted by molar-refractivity contribution is 0.102. The SMILES string of the molecule is Cc1cc(Cl)nc(C(=O)Nc2ccc(F)cc2)c1. The summed E-state index contributed by atoms with van der Waals surface area (Å²) < 4.78 is 12.7. The maximum absolute atomic E-state index is 12.7. The van der Waals surface area contributed by atoms with Crippen LogP contribution in [0.3, 0.4) is 0 Å². The maximum Gasteiger partial charge on any atom is 0.274 e. The van der Waals surface area contributed by atoms with Crippen LogP contribution in [0.15, 0.2) is 36.4 Å². The summed E-state index contributed by atoms with van der Waals surface area (Å²) in [5, 5.41) is 2.88. The summed E-state index contributed by atoms with van der Waals surface area (Å²) in [4.78, 5) is 15.8. The van der Waals surface area contributed by atoms with Crippen molar-refractivity contribution in [3.05, 3.63) is 58.6 Å². The number of benzene rings is 1. The first kappa shape index (κ1) is 12.5. The van der Waals surface area contributed by atoms with Gasteiger partial charge in [0.2, 0.25) is 0 Å². The van der Waals surface area contributed by atoms with Gasteiger partial charge in [-0.1, -0.05) is 11.6 Å². The zero-order valence-corrected chi connectivity index (χ0v) is 10.3. The number of hydrogen-bond donors (Lipinski definition) is 1. The highest BCUT2D eigenvalue weighted by Crippen LogP contribution is 2.13. The van der Waals surface area contributed by atoms with Crippen molar-refractivity contribution in [3.63, 3.8) is 0 Å². The molecule has 2 rings (SSSR count). The molecule has 0 aliphatic rings. The number of aryl methyl sites for hydroxylation is 1. The molecule has 92 valence electrons. The Balaban J connectivity index is 2.19. The van der Waals surface area contributed by atoms with Crippen molar-refractivity contribution in [1.82, 2.24) is 4.98 Å². The van der Waals surface area contributed by atoms with E-state index < -0.39 is 0 Å². The van der Waals surface area contributed by atoms with E-state index in [1.807, 2.05) is 6.92 Å². The molecule has 0 spiro atoms. The molecule has 0 aliphatic heterocycles. The Hall–Kier alpha value is -1.94. The minimum atomic E-state index is -0.382. The molecule has 0 atom stereocenters. The van der Waals surface area contributed by atoms with Gasteiger partial charge in [0.15, 0.2) is 0 Å². The second kappa shape index (κ2) is 5.14. The fraction of sp³-hybridized carbons (Fsp3) is 0.0769. The van der Waals surface area contributed by atoms with Crippen molar-refractivity contribution >= 4 is 23.2 Å². The lowest BCUT2D eigenvalue weighted by Gasteiger charge is -2.05. The summed E-state index contributed by atoms with van der Waals surface area (Å²) in [7, 11) is 0. The number of amides is 1. The van der Waals surface area contributed by atoms with Crippen molar-refractivity contribution < 1.29 is 9.18 Å². The van der Waals surface area contributed by atoms with Crippen LogP contribution < -0.4 is 5.32 Å². The molecule has 18 heavy (non-hydrogen) atoms. The zero-order chi connectivity index (χ0) is 13.1. The first-order valence-corrected chi connectivity index (χ1v) is 5.63. The number of anilines is 1. The smallest absolute Gasteiger partial charge is 0.274 e. The van der Waals surface area contributed by atoms with Crippen LogP contribution in [0.25, 0.3) is 0 Å². The second-order valence-corrected chi connectivity index (χ2v) is 4.20. The van der Waals surface area contributed by atoms with Crippen molar-refractivity contribution in [3.8, 4) is 0 Å². The lowest BCUT2D eigenvalue weighted by atomic mass is 10.2. The van der Waals surface area contributed by atoms with Crippen molar-refractivity contribution in [2.45, 2.75) is 6.92 Å². The predicted octanol–water partition coefficient (Wildman–Crippen LogP) is 3.43. The van der Waals surface area contributed by atoms with Crippen LogP contribution in [0.4, 0.5) is 10.1 Å². The summed E-state index contributed by atoms with van der Waals surface area (Å²) in [6.07, 6.45) is 0. The molecule has 0 saturated carbocycles. The molecule has 3 nitrogen and oxygen atoms in total. The molecule has 5 heteroatoms. The van der Waals surface area contributed by atoms with Crippen LogP contribution in [0.1, 0.15) is 16.1 Å². The summed E-state index contributed by atoms with van der Waals surface area (Å²) in [5.74, 6) is -0.739. The second-order valence-electron chi connectivity index (χ2n) is 3.81. The normalized spacial score (nSPS) is 10.2. The average molecular weight is 265 g/mol. The molecule has 0 unspecified atom stereocenters. The molecule has 1 aromatic carbocycles. The van der Waals surface area contributed by atoms with Gasteiger partial charge in [-0.05, 0) is 48.9 Å². The quantitative estimate of drug-likeness (QED) is 0.845. The van der Waals surface area contributed by atoms with Gasteiger partial charge in [-0.2, -0.15) is 0 Å². The summed E-state index contributed by atoms with van der Waals surface area (Å²) in [6, 6.07) is 8.79. The number of halogens is 2. The van der Waals surface area contributed by atoms with Crippen LogP contribution in [-0.4, -0.2) is 10.9 Å². The van der Waals surface area contributed by atoms with Gasteiger partial charge in [0.25, 0.3) is 5.91 Å². The Labute approximate surface area is 109 Å². The minimum absolute atomic E-state index is 0.226. The Kier molecular flexibility index (Phi) is 3.58. The van der Waals surface area contributed by atoms with Crippen molar-refractivity contribution in [1.29, 1.82) is 0 Å². The van der Waals surface area contributed by atoms with Crippen LogP contribution in [-0.2, 0) is 0 Å². The number of carbonyl (C=O) groups excluding carboxylic acids is 1. The third kappa shape index (κ3) is 3.05. The van der Waals surface area contributed by atoms with E-state index in [1.54, 1.807) is 12.1 Å². The van der Waals surface area contributed by atoms with E-state index in [1.165, 1.54) is 24.3 Å². The molecule has 1 N–H and O–H groups in total. The molecule has 1 aromatic heterocycles. The van der Waals surface area contributed by atoms with Gasteiger partial charge in [0, 0.05) is 5.69 Å². The van der Waals surface area contributed by atoms with Crippen molar-refractivity contribution in [2.75, 3.05) is 5.32 Å². The lowest BCUT2D eigenvalue weighted by Crippen LogP contribution is -2.14. The Morgan fingerprint density at radius 1 is 1.28 bits per heavy atom. The minimum Gasteiger partial charge on any atom is -0.321 e. The van der Waals surface area contributed by atoms with Gasteiger partial charge in [-0.15, -0.1) is 0 Å². The number of pyridine rings is 1. The third-order valence-corrected chi connectivity index (χ3v) is 2.47. The molecule has 0 saturated heterocycles. The van der Waals surface area contributed by atoms with E-state index in [9.17, 15) is 9.18 Å². The fourth-order valence-electron chi connectivity index (χ4n) is 1.47. The van der Waals surface area contributed by atoms with Crippen LogP contribution in [0.2, 0.25) is 5.15 Å². The molecule has 1 heterocycles. The summed E-state index contributed by atoms with van der Waals surface area (Å²) >= 11 is 5.78. The third-order valence-electron chi connectivity index (χ3n) is 2.27. The average Bonchev–Trinajstić information content (AvgIpc) is 2.31. The molecule has 0 fully saturated rings. The number of rotatable bonds is 2. The van der Waals surface area contributed by atoms with E-state index in [0.29, 0.717) is 5.69 Å². The van der Waals surface area contributed by atoms with Gasteiger partial charge in [-0.25, -0.2) is 9.37 Å². The highest BCUT2D eigenvalue weighted by molar-refractivity contribution is 6.29. The molecule has 1 amide bonds. The van der Waals surface area contributed by atoms with E-state index >= 15 is 0 Å². The monoisotopic (exact) mass is 264 g/mol. The first-order valence-electron chi connectivity index (χ1n) is 5.26. The largest absolute Gasteiger partial charge is 0.321 e. The van der Waals surface area contributed by atoms with E-state index in [-0.39, 0.29) is 22.6 Å². The summed E-state index contributed by atoms with van der Waals surface area (Å²) in [5.41, 5.74) is 1.57. The Bertz CT molecular complexity index is 564. The van der Waals surface area contributed by atoms with Crippen LogP contribution in [0.5, 0.6) is 0 Å². The van der Waals surface area contributed by atoms with Gasteiger partial charge in [0.05, 0.1) is 0 Å². The number of nitrogens with zero attached hydrogens (tertiary/aromatic N) is 1. The number of hydrogen-bond acceptors (Lipinski definition) is 2. The standard InChI is InChI=1S/C13H10ClFN2O/c1-8-6-11(17-12(14)7-8)13(18)16-10-4-2-9(15)3-5-10/h2-7H,1H3,(H,16,18). The molecule has 2 aromatic rings. The molecular weight excluding hydrogens is 255 g/mol. The van der Waals surface area contributed by atoms with Gasteiger partial charge < -0.3 is 5.32 Å². The molecular formula is C13H10ClFN2O. The van der Waals surface area contributed by atoms with Crippen LogP contribution >= 0.6 is 11.6 Å². The van der Waals surface area contributed by atoms with E-state index in [0.717, 1.165) is 5.56 Å². The Morgan fingerprint density at radius 2 is 1.94 bits per heavy atom. The van der Waals surface area contributed by atoms with Gasteiger partial charge in [0.1, 0.15) is 16.7 Å². The molecule has 0 aliphatic carbocycles. The highest BCUT2D eigenvalue weighted by Gasteiger charge is 2.09. The topological polar surface area (TPSA) is 42.0 Å². The number of nitrogens with one attached hydrogen (secondary N) is 1. The summed E-state index contributed by atoms with van der Waals surface area (Å²) in [6.45, 7) is 1.82. The van der Waals surface area contributed by atoms with Gasteiger partial charge in [-0.3, -0.25) is 4.79 Å². The zero-order valence-electron chi connectivity index (χ0n) is 9.58.